The first-order valence-electron chi connectivity index (χ1n) is 7.40. The van der Waals surface area contributed by atoms with E-state index in [1.54, 1.807) is 13.2 Å². The van der Waals surface area contributed by atoms with Crippen LogP contribution in [0.1, 0.15) is 17.5 Å². The summed E-state index contributed by atoms with van der Waals surface area (Å²) < 4.78 is 10.5. The molecular weight excluding hydrogens is 276 g/mol. The van der Waals surface area contributed by atoms with Gasteiger partial charge in [0.1, 0.15) is 5.76 Å². The minimum atomic E-state index is -0.563. The van der Waals surface area contributed by atoms with Gasteiger partial charge in [0.15, 0.2) is 6.79 Å². The third-order valence-electron chi connectivity index (χ3n) is 3.31. The zero-order chi connectivity index (χ0) is 15.6. The third kappa shape index (κ3) is 5.35. The van der Waals surface area contributed by atoms with Crippen molar-refractivity contribution >= 4 is 5.76 Å². The van der Waals surface area contributed by atoms with Gasteiger partial charge in [-0.2, -0.15) is 0 Å². The number of aryl methyl sites for hydroxylation is 1. The molecular formula is C19H22O3. The number of ether oxygens (including phenoxy) is 2. The maximum Gasteiger partial charge on any atom is 0.188 e. The van der Waals surface area contributed by atoms with E-state index in [2.05, 4.69) is 12.1 Å². The summed E-state index contributed by atoms with van der Waals surface area (Å²) in [6.45, 7) is 0.159. The quantitative estimate of drug-likeness (QED) is 0.597. The molecule has 116 valence electrons. The summed E-state index contributed by atoms with van der Waals surface area (Å²) in [7, 11) is 1.58. The van der Waals surface area contributed by atoms with Gasteiger partial charge >= 0.3 is 0 Å². The van der Waals surface area contributed by atoms with Gasteiger partial charge in [-0.15, -0.1) is 0 Å². The van der Waals surface area contributed by atoms with Crippen molar-refractivity contribution in [3.05, 3.63) is 77.9 Å². The van der Waals surface area contributed by atoms with E-state index in [9.17, 15) is 5.11 Å². The van der Waals surface area contributed by atoms with E-state index in [1.165, 1.54) is 5.56 Å². The van der Waals surface area contributed by atoms with Gasteiger partial charge in [-0.25, -0.2) is 0 Å². The van der Waals surface area contributed by atoms with E-state index >= 15 is 0 Å². The summed E-state index contributed by atoms with van der Waals surface area (Å²) in [5.41, 5.74) is 2.15. The average Bonchev–Trinajstić information content (AvgIpc) is 2.58. The number of methoxy groups -OCH3 is 1. The molecule has 0 bridgehead atoms. The monoisotopic (exact) mass is 298 g/mol. The van der Waals surface area contributed by atoms with Crippen LogP contribution in [0.2, 0.25) is 0 Å². The first-order valence-corrected chi connectivity index (χ1v) is 7.40. The number of rotatable bonds is 8. The normalized spacial score (nSPS) is 12.9. The lowest BCUT2D eigenvalue weighted by Crippen LogP contribution is -2.07. The van der Waals surface area contributed by atoms with Gasteiger partial charge in [-0.1, -0.05) is 60.7 Å². The Hall–Kier alpha value is -2.10. The Balaban J connectivity index is 2.01. The van der Waals surface area contributed by atoms with Crippen molar-refractivity contribution < 1.29 is 14.6 Å². The zero-order valence-corrected chi connectivity index (χ0v) is 12.8. The Morgan fingerprint density at radius 2 is 1.68 bits per heavy atom. The van der Waals surface area contributed by atoms with Gasteiger partial charge in [0, 0.05) is 12.7 Å². The molecule has 0 aliphatic carbocycles. The van der Waals surface area contributed by atoms with Crippen molar-refractivity contribution in [1.82, 2.24) is 0 Å². The minimum Gasteiger partial charge on any atom is -0.467 e. The fourth-order valence-corrected chi connectivity index (χ4v) is 2.17. The lowest BCUT2D eigenvalue weighted by atomic mass is 10.1. The van der Waals surface area contributed by atoms with Crippen molar-refractivity contribution in [2.45, 2.75) is 18.9 Å². The van der Waals surface area contributed by atoms with Gasteiger partial charge in [-0.05, 0) is 24.5 Å². The maximum atomic E-state index is 10.2. The average molecular weight is 298 g/mol. The highest BCUT2D eigenvalue weighted by molar-refractivity contribution is 5.60. The van der Waals surface area contributed by atoms with Gasteiger partial charge in [-0.3, -0.25) is 0 Å². The number of aliphatic hydroxyl groups is 1. The second kappa shape index (κ2) is 9.03. The summed E-state index contributed by atoms with van der Waals surface area (Å²) in [6.07, 6.45) is 2.66. The molecule has 2 aromatic carbocycles. The smallest absolute Gasteiger partial charge is 0.188 e. The molecule has 0 aromatic heterocycles. The van der Waals surface area contributed by atoms with Crippen LogP contribution in [0.15, 0.2) is 66.7 Å². The number of aliphatic hydroxyl groups excluding tert-OH is 1. The van der Waals surface area contributed by atoms with Crippen molar-refractivity contribution in [2.24, 2.45) is 0 Å². The van der Waals surface area contributed by atoms with Gasteiger partial charge in [0.25, 0.3) is 0 Å². The molecule has 1 atom stereocenters. The van der Waals surface area contributed by atoms with Crippen molar-refractivity contribution in [3.63, 3.8) is 0 Å². The molecule has 0 fully saturated rings. The lowest BCUT2D eigenvalue weighted by molar-refractivity contribution is 0.0307. The Morgan fingerprint density at radius 3 is 2.32 bits per heavy atom. The number of hydrogen-bond acceptors (Lipinski definition) is 3. The van der Waals surface area contributed by atoms with Crippen molar-refractivity contribution in [3.8, 4) is 0 Å². The molecule has 2 aromatic rings. The molecule has 0 saturated heterocycles. The number of hydrogen-bond donors (Lipinski definition) is 1. The molecule has 1 unspecified atom stereocenters. The fraction of sp³-hybridized carbons (Fsp3) is 0.263. The Morgan fingerprint density at radius 1 is 1.05 bits per heavy atom. The highest BCUT2D eigenvalue weighted by Crippen LogP contribution is 2.18. The number of benzene rings is 2. The zero-order valence-electron chi connectivity index (χ0n) is 12.8. The third-order valence-corrected chi connectivity index (χ3v) is 3.31. The van der Waals surface area contributed by atoms with Crippen LogP contribution in [0.4, 0.5) is 0 Å². The molecule has 0 aliphatic rings. The van der Waals surface area contributed by atoms with E-state index in [0.29, 0.717) is 12.2 Å². The van der Waals surface area contributed by atoms with Crippen LogP contribution in [0, 0.1) is 0 Å². The van der Waals surface area contributed by atoms with E-state index in [0.717, 1.165) is 12.0 Å². The highest BCUT2D eigenvalue weighted by atomic mass is 16.7. The molecule has 0 saturated carbocycles. The largest absolute Gasteiger partial charge is 0.467 e. The standard InChI is InChI=1S/C19H22O3/c1-21-15-22-19(17-10-6-3-7-11-17)14-18(20)13-12-16-8-4-2-5-9-16/h2-11,14,18,20H,12-13,15H2,1H3/b19-14-. The summed E-state index contributed by atoms with van der Waals surface area (Å²) in [6, 6.07) is 19.9. The Labute approximate surface area is 131 Å². The maximum absolute atomic E-state index is 10.2. The lowest BCUT2D eigenvalue weighted by Gasteiger charge is -2.13. The Kier molecular flexibility index (Phi) is 6.68. The van der Waals surface area contributed by atoms with E-state index in [-0.39, 0.29) is 6.79 Å². The molecule has 3 heteroatoms. The molecule has 22 heavy (non-hydrogen) atoms. The van der Waals surface area contributed by atoms with Crippen LogP contribution in [-0.4, -0.2) is 25.1 Å². The van der Waals surface area contributed by atoms with Crippen molar-refractivity contribution in [2.75, 3.05) is 13.9 Å². The fourth-order valence-electron chi connectivity index (χ4n) is 2.17. The van der Waals surface area contributed by atoms with Gasteiger partial charge < -0.3 is 14.6 Å². The molecule has 0 heterocycles. The van der Waals surface area contributed by atoms with Gasteiger partial charge in [0.05, 0.1) is 6.10 Å². The van der Waals surface area contributed by atoms with E-state index < -0.39 is 6.10 Å². The van der Waals surface area contributed by atoms with Crippen LogP contribution >= 0.6 is 0 Å². The first kappa shape index (κ1) is 16.3. The van der Waals surface area contributed by atoms with Crippen LogP contribution in [0.25, 0.3) is 5.76 Å². The van der Waals surface area contributed by atoms with E-state index in [1.807, 2.05) is 48.5 Å². The second-order valence-corrected chi connectivity index (χ2v) is 5.04. The van der Waals surface area contributed by atoms with Gasteiger partial charge in [0.2, 0.25) is 0 Å². The topological polar surface area (TPSA) is 38.7 Å². The molecule has 0 spiro atoms. The summed E-state index contributed by atoms with van der Waals surface area (Å²) in [4.78, 5) is 0. The molecule has 3 nitrogen and oxygen atoms in total. The molecule has 0 amide bonds. The van der Waals surface area contributed by atoms with Crippen LogP contribution in [0.3, 0.4) is 0 Å². The summed E-state index contributed by atoms with van der Waals surface area (Å²) >= 11 is 0. The predicted molar refractivity (Wildman–Crippen MR) is 88.1 cm³/mol. The first-order chi connectivity index (χ1) is 10.8. The minimum absolute atomic E-state index is 0.159. The summed E-state index contributed by atoms with van der Waals surface area (Å²) in [5, 5.41) is 10.2. The van der Waals surface area contributed by atoms with Crippen LogP contribution in [0.5, 0.6) is 0 Å². The van der Waals surface area contributed by atoms with E-state index in [4.69, 9.17) is 9.47 Å². The SMILES string of the molecule is COCO/C(=C\C(O)CCc1ccccc1)c1ccccc1. The molecule has 0 aliphatic heterocycles. The second-order valence-electron chi connectivity index (χ2n) is 5.04. The Bertz CT molecular complexity index is 564. The van der Waals surface area contributed by atoms with Crippen molar-refractivity contribution in [1.29, 1.82) is 0 Å². The van der Waals surface area contributed by atoms with Crippen LogP contribution < -0.4 is 0 Å². The highest BCUT2D eigenvalue weighted by Gasteiger charge is 2.08. The molecule has 0 radical (unpaired) electrons. The van der Waals surface area contributed by atoms with Crippen LogP contribution in [-0.2, 0) is 15.9 Å². The predicted octanol–water partition coefficient (Wildman–Crippen LogP) is 3.64. The molecule has 1 N–H and O–H groups in total. The molecule has 2 rings (SSSR count). The summed E-state index contributed by atoms with van der Waals surface area (Å²) in [5.74, 6) is 0.642.